The number of ether oxygens (including phenoxy) is 2. The van der Waals surface area contributed by atoms with Crippen LogP contribution in [0.3, 0.4) is 0 Å². The minimum atomic E-state index is -0.376. The Bertz CT molecular complexity index is 963. The standard InChI is InChI=1S/C26H30O4/c1-17(2)6-5-7-18(3)8-13-22-24(29-4)15-14-21-23(28)16-25(30-26(21)22)19-9-11-20(27)12-10-19/h6,8-12,14-15,25,27H,5,7,13,16H2,1-4H3/b18-8-. The van der Waals surface area contributed by atoms with E-state index in [2.05, 4.69) is 32.9 Å². The average Bonchev–Trinajstić information content (AvgIpc) is 2.72. The van der Waals surface area contributed by atoms with Crippen LogP contribution in [0.25, 0.3) is 0 Å². The lowest BCUT2D eigenvalue weighted by Crippen LogP contribution is -2.21. The summed E-state index contributed by atoms with van der Waals surface area (Å²) in [6.07, 6.45) is 7.00. The highest BCUT2D eigenvalue weighted by molar-refractivity contribution is 6.00. The maximum Gasteiger partial charge on any atom is 0.170 e. The fraction of sp³-hybridized carbons (Fsp3) is 0.346. The molecule has 4 nitrogen and oxygen atoms in total. The minimum Gasteiger partial charge on any atom is -0.508 e. The minimum absolute atomic E-state index is 0.0579. The fourth-order valence-electron chi connectivity index (χ4n) is 3.65. The molecule has 0 aromatic heterocycles. The molecule has 0 aliphatic carbocycles. The number of ketones is 1. The number of phenolic OH excluding ortho intramolecular Hbond substituents is 1. The molecule has 1 N–H and O–H groups in total. The van der Waals surface area contributed by atoms with Crippen LogP contribution in [0.2, 0.25) is 0 Å². The van der Waals surface area contributed by atoms with Crippen LogP contribution in [0, 0.1) is 0 Å². The SMILES string of the molecule is COc1ccc2c(c1C/C=C(/C)CCC=C(C)C)OC(c1ccc(O)cc1)CC2=O. The van der Waals surface area contributed by atoms with E-state index in [1.165, 1.54) is 11.1 Å². The number of carbonyl (C=O) groups is 1. The van der Waals surface area contributed by atoms with Crippen LogP contribution in [0.4, 0.5) is 0 Å². The van der Waals surface area contributed by atoms with Crippen molar-refractivity contribution in [3.05, 3.63) is 76.4 Å². The number of carbonyl (C=O) groups excluding carboxylic acids is 1. The highest BCUT2D eigenvalue weighted by Crippen LogP contribution is 2.41. The molecular weight excluding hydrogens is 376 g/mol. The second-order valence-corrected chi connectivity index (χ2v) is 8.02. The van der Waals surface area contributed by atoms with E-state index in [9.17, 15) is 9.90 Å². The highest BCUT2D eigenvalue weighted by Gasteiger charge is 2.30. The van der Waals surface area contributed by atoms with E-state index in [0.717, 1.165) is 29.7 Å². The van der Waals surface area contributed by atoms with Crippen molar-refractivity contribution in [2.75, 3.05) is 7.11 Å². The summed E-state index contributed by atoms with van der Waals surface area (Å²) in [5.74, 6) is 1.58. The number of phenols is 1. The second kappa shape index (κ2) is 9.66. The predicted molar refractivity (Wildman–Crippen MR) is 120 cm³/mol. The van der Waals surface area contributed by atoms with Crippen molar-refractivity contribution < 1.29 is 19.4 Å². The fourth-order valence-corrected chi connectivity index (χ4v) is 3.65. The van der Waals surface area contributed by atoms with Crippen LogP contribution in [-0.2, 0) is 6.42 Å². The molecule has 0 spiro atoms. The molecule has 4 heteroatoms. The molecule has 30 heavy (non-hydrogen) atoms. The third-order valence-electron chi connectivity index (χ3n) is 5.38. The molecule has 1 unspecified atom stereocenters. The monoisotopic (exact) mass is 406 g/mol. The number of methoxy groups -OCH3 is 1. The number of hydrogen-bond acceptors (Lipinski definition) is 4. The Morgan fingerprint density at radius 2 is 1.87 bits per heavy atom. The maximum atomic E-state index is 12.8. The van der Waals surface area contributed by atoms with Gasteiger partial charge in [0.15, 0.2) is 5.78 Å². The molecule has 1 aliphatic heterocycles. The van der Waals surface area contributed by atoms with E-state index in [0.29, 0.717) is 17.7 Å². The molecular formula is C26H30O4. The lowest BCUT2D eigenvalue weighted by molar-refractivity contribution is 0.0847. The van der Waals surface area contributed by atoms with Gasteiger partial charge in [-0.1, -0.05) is 35.4 Å². The highest BCUT2D eigenvalue weighted by atomic mass is 16.5. The van der Waals surface area contributed by atoms with Crippen LogP contribution in [-0.4, -0.2) is 18.0 Å². The zero-order valence-electron chi connectivity index (χ0n) is 18.2. The normalized spacial score (nSPS) is 15.9. The van der Waals surface area contributed by atoms with E-state index in [1.54, 1.807) is 37.4 Å². The molecule has 0 saturated heterocycles. The zero-order valence-corrected chi connectivity index (χ0v) is 18.2. The third kappa shape index (κ3) is 5.12. The van der Waals surface area contributed by atoms with Gasteiger partial charge in [0.05, 0.1) is 19.1 Å². The largest absolute Gasteiger partial charge is 0.508 e. The number of benzene rings is 2. The van der Waals surface area contributed by atoms with Gasteiger partial charge in [0.25, 0.3) is 0 Å². The van der Waals surface area contributed by atoms with Gasteiger partial charge in [-0.3, -0.25) is 4.79 Å². The molecule has 0 amide bonds. The van der Waals surface area contributed by atoms with Gasteiger partial charge in [0.1, 0.15) is 23.4 Å². The van der Waals surface area contributed by atoms with E-state index in [-0.39, 0.29) is 24.1 Å². The number of rotatable bonds is 7. The Balaban J connectivity index is 1.89. The topological polar surface area (TPSA) is 55.8 Å². The van der Waals surface area contributed by atoms with E-state index >= 15 is 0 Å². The Labute approximate surface area is 178 Å². The van der Waals surface area contributed by atoms with Crippen molar-refractivity contribution >= 4 is 5.78 Å². The van der Waals surface area contributed by atoms with Gasteiger partial charge in [-0.05, 0) is 69.9 Å². The first-order valence-electron chi connectivity index (χ1n) is 10.4. The summed E-state index contributed by atoms with van der Waals surface area (Å²) in [5.41, 5.74) is 5.00. The van der Waals surface area contributed by atoms with Gasteiger partial charge in [0.2, 0.25) is 0 Å². The Kier molecular flexibility index (Phi) is 6.99. The number of allylic oxidation sites excluding steroid dienone is 4. The van der Waals surface area contributed by atoms with Gasteiger partial charge in [-0.25, -0.2) is 0 Å². The molecule has 2 aromatic carbocycles. The van der Waals surface area contributed by atoms with Gasteiger partial charge >= 0.3 is 0 Å². The van der Waals surface area contributed by atoms with Crippen molar-refractivity contribution in [2.24, 2.45) is 0 Å². The van der Waals surface area contributed by atoms with Crippen LogP contribution in [0.1, 0.15) is 67.6 Å². The van der Waals surface area contributed by atoms with Crippen LogP contribution in [0.5, 0.6) is 17.2 Å². The van der Waals surface area contributed by atoms with Crippen LogP contribution < -0.4 is 9.47 Å². The maximum absolute atomic E-state index is 12.8. The molecule has 1 atom stereocenters. The molecule has 158 valence electrons. The Morgan fingerprint density at radius 1 is 1.13 bits per heavy atom. The quantitative estimate of drug-likeness (QED) is 0.545. The van der Waals surface area contributed by atoms with Gasteiger partial charge < -0.3 is 14.6 Å². The summed E-state index contributed by atoms with van der Waals surface area (Å²) < 4.78 is 11.9. The first-order chi connectivity index (χ1) is 14.4. The summed E-state index contributed by atoms with van der Waals surface area (Å²) in [4.78, 5) is 12.8. The molecule has 0 bridgehead atoms. The molecule has 1 heterocycles. The summed E-state index contributed by atoms with van der Waals surface area (Å²) >= 11 is 0. The van der Waals surface area contributed by atoms with Gasteiger partial charge in [-0.2, -0.15) is 0 Å². The molecule has 2 aromatic rings. The summed E-state index contributed by atoms with van der Waals surface area (Å²) in [6.45, 7) is 6.35. The van der Waals surface area contributed by atoms with E-state index in [1.807, 2.05) is 6.07 Å². The summed E-state index contributed by atoms with van der Waals surface area (Å²) in [6, 6.07) is 10.5. The molecule has 0 saturated carbocycles. The predicted octanol–water partition coefficient (Wildman–Crippen LogP) is 6.34. The van der Waals surface area contributed by atoms with Crippen molar-refractivity contribution in [2.45, 2.75) is 52.6 Å². The van der Waals surface area contributed by atoms with Crippen LogP contribution in [0.15, 0.2) is 59.7 Å². The molecule has 3 rings (SSSR count). The van der Waals surface area contributed by atoms with Crippen molar-refractivity contribution in [1.82, 2.24) is 0 Å². The summed E-state index contributed by atoms with van der Waals surface area (Å²) in [7, 11) is 1.64. The molecule has 0 radical (unpaired) electrons. The Morgan fingerprint density at radius 3 is 2.53 bits per heavy atom. The van der Waals surface area contributed by atoms with Gasteiger partial charge in [0, 0.05) is 5.56 Å². The summed E-state index contributed by atoms with van der Waals surface area (Å²) in [5, 5.41) is 9.56. The molecule has 1 aliphatic rings. The van der Waals surface area contributed by atoms with Crippen molar-refractivity contribution in [1.29, 1.82) is 0 Å². The lowest BCUT2D eigenvalue weighted by atomic mass is 9.93. The Hall–Kier alpha value is -3.01. The first-order valence-corrected chi connectivity index (χ1v) is 10.4. The molecule has 0 fully saturated rings. The second-order valence-electron chi connectivity index (χ2n) is 8.02. The van der Waals surface area contributed by atoms with Gasteiger partial charge in [-0.15, -0.1) is 0 Å². The average molecular weight is 407 g/mol. The number of fused-ring (bicyclic) bond motifs is 1. The smallest absolute Gasteiger partial charge is 0.170 e. The van der Waals surface area contributed by atoms with Crippen molar-refractivity contribution in [3.8, 4) is 17.2 Å². The number of Topliss-reactive ketones (excluding diaryl/α,β-unsaturated/α-hetero) is 1. The van der Waals surface area contributed by atoms with Crippen molar-refractivity contribution in [3.63, 3.8) is 0 Å². The van der Waals surface area contributed by atoms with E-state index in [4.69, 9.17) is 9.47 Å². The van der Waals surface area contributed by atoms with E-state index < -0.39 is 0 Å². The lowest BCUT2D eigenvalue weighted by Gasteiger charge is -2.28. The number of hydrogen-bond donors (Lipinski definition) is 1. The number of aromatic hydroxyl groups is 1. The third-order valence-corrected chi connectivity index (χ3v) is 5.38. The zero-order chi connectivity index (χ0) is 21.7. The first kappa shape index (κ1) is 21.7. The van der Waals surface area contributed by atoms with Crippen LogP contribution >= 0.6 is 0 Å².